The molecule has 5 heteroatoms. The van der Waals surface area contributed by atoms with Gasteiger partial charge in [-0.15, -0.1) is 0 Å². The van der Waals surface area contributed by atoms with Crippen LogP contribution >= 0.6 is 12.2 Å². The lowest BCUT2D eigenvalue weighted by Gasteiger charge is -2.19. The molecule has 1 aromatic rings. The van der Waals surface area contributed by atoms with Gasteiger partial charge in [0.1, 0.15) is 0 Å². The Morgan fingerprint density at radius 3 is 2.41 bits per heavy atom. The van der Waals surface area contributed by atoms with Crippen molar-refractivity contribution in [1.82, 2.24) is 4.90 Å². The van der Waals surface area contributed by atoms with Gasteiger partial charge in [-0.2, -0.15) is 0 Å². The van der Waals surface area contributed by atoms with Crippen molar-refractivity contribution in [3.63, 3.8) is 0 Å². The second-order valence-corrected chi connectivity index (χ2v) is 4.05. The molecule has 0 saturated carbocycles. The topological polar surface area (TPSA) is 32.3 Å². The van der Waals surface area contributed by atoms with Crippen LogP contribution in [0.3, 0.4) is 0 Å². The summed E-state index contributed by atoms with van der Waals surface area (Å²) in [6, 6.07) is 1.73. The van der Waals surface area contributed by atoms with Gasteiger partial charge in [0.2, 0.25) is 5.43 Å². The molecular formula is C12H21FN2OS. The van der Waals surface area contributed by atoms with Crippen molar-refractivity contribution in [1.29, 1.82) is 0 Å². The van der Waals surface area contributed by atoms with Crippen molar-refractivity contribution < 1.29 is 4.39 Å². The summed E-state index contributed by atoms with van der Waals surface area (Å²) in [6.45, 7) is 8.28. The largest absolute Gasteiger partial charge is 0.381 e. The number of alkyl halides is 1. The fraction of sp³-hybridized carbons (Fsp3) is 0.667. The molecular weight excluding hydrogens is 239 g/mol. The molecule has 1 N–H and O–H groups in total. The zero-order valence-corrected chi connectivity index (χ0v) is 11.6. The van der Waals surface area contributed by atoms with Crippen LogP contribution in [0, 0.1) is 4.51 Å². The summed E-state index contributed by atoms with van der Waals surface area (Å²) < 4.78 is 9.94. The second kappa shape index (κ2) is 9.24. The van der Waals surface area contributed by atoms with Crippen molar-refractivity contribution in [3.8, 4) is 0 Å². The van der Waals surface area contributed by atoms with E-state index in [9.17, 15) is 9.18 Å². The molecule has 0 radical (unpaired) electrons. The van der Waals surface area contributed by atoms with E-state index in [4.69, 9.17) is 12.2 Å². The molecule has 0 fully saturated rings. The van der Waals surface area contributed by atoms with Crippen LogP contribution < -0.4 is 10.7 Å². The Labute approximate surface area is 107 Å². The quantitative estimate of drug-likeness (QED) is 0.763. The smallest absolute Gasteiger partial charge is 0.219 e. The van der Waals surface area contributed by atoms with Crippen LogP contribution in [0.2, 0.25) is 0 Å². The highest BCUT2D eigenvalue weighted by molar-refractivity contribution is 7.71. The highest BCUT2D eigenvalue weighted by Gasteiger charge is 2.06. The fourth-order valence-electron chi connectivity index (χ4n) is 1.54. The molecule has 0 aliphatic rings. The van der Waals surface area contributed by atoms with Crippen LogP contribution in [-0.2, 0) is 0 Å². The molecule has 0 bridgehead atoms. The van der Waals surface area contributed by atoms with Gasteiger partial charge in [-0.25, -0.2) is 0 Å². The lowest BCUT2D eigenvalue weighted by Crippen LogP contribution is -2.30. The van der Waals surface area contributed by atoms with Crippen LogP contribution in [0.4, 0.5) is 10.1 Å². The number of likely N-dealkylation sites (N-methyl/N-ethyl adjacent to an activating group) is 1. The van der Waals surface area contributed by atoms with Gasteiger partial charge >= 0.3 is 0 Å². The minimum atomic E-state index is -0.0106. The highest BCUT2D eigenvalue weighted by Crippen LogP contribution is 2.03. The van der Waals surface area contributed by atoms with Gasteiger partial charge in [0.15, 0.2) is 0 Å². The molecule has 17 heavy (non-hydrogen) atoms. The molecule has 1 rings (SSSR count). The maximum Gasteiger partial charge on any atom is 0.219 e. The zero-order valence-electron chi connectivity index (χ0n) is 10.8. The third-order valence-electron chi connectivity index (χ3n) is 2.47. The maximum absolute atomic E-state index is 11.1. The Balaban J connectivity index is 0.00000121. The van der Waals surface area contributed by atoms with E-state index in [-0.39, 0.29) is 5.43 Å². The molecule has 0 saturated heterocycles. The Bertz CT molecular complexity index is 374. The van der Waals surface area contributed by atoms with Gasteiger partial charge in [0.25, 0.3) is 0 Å². The van der Waals surface area contributed by atoms with Crippen molar-refractivity contribution >= 4 is 17.9 Å². The van der Waals surface area contributed by atoms with E-state index in [0.717, 1.165) is 26.2 Å². The molecule has 0 unspecified atom stereocenters. The first-order chi connectivity index (χ1) is 8.19. The Morgan fingerprint density at radius 1 is 1.35 bits per heavy atom. The molecule has 0 spiro atoms. The number of halogens is 1. The van der Waals surface area contributed by atoms with Gasteiger partial charge in [-0.3, -0.25) is 9.18 Å². The van der Waals surface area contributed by atoms with Crippen LogP contribution in [-0.4, -0.2) is 38.3 Å². The van der Waals surface area contributed by atoms with E-state index in [1.807, 2.05) is 0 Å². The monoisotopic (exact) mass is 260 g/mol. The van der Waals surface area contributed by atoms with Crippen LogP contribution in [0.25, 0.3) is 0 Å². The predicted molar refractivity (Wildman–Crippen MR) is 73.8 cm³/mol. The van der Waals surface area contributed by atoms with Crippen molar-refractivity contribution in [3.05, 3.63) is 20.8 Å². The van der Waals surface area contributed by atoms with Gasteiger partial charge in [-0.1, -0.05) is 26.1 Å². The predicted octanol–water partition coefficient (Wildman–Crippen LogP) is 2.38. The third-order valence-corrected chi connectivity index (χ3v) is 2.78. The van der Waals surface area contributed by atoms with Crippen LogP contribution in [0.15, 0.2) is 10.9 Å². The standard InChI is InChI=1S/C11H18N2OS.CH3F/c1-3-6-13(4-2)7-5-12-9-8-10(15)11(9)14;1-2/h8,12H,3-7H2,1-2H3;1H3. The van der Waals surface area contributed by atoms with Crippen molar-refractivity contribution in [2.24, 2.45) is 0 Å². The molecule has 0 aliphatic heterocycles. The number of nitrogens with zero attached hydrogens (tertiary/aromatic N) is 1. The van der Waals surface area contributed by atoms with Crippen LogP contribution in [0.1, 0.15) is 20.3 Å². The molecule has 98 valence electrons. The van der Waals surface area contributed by atoms with Gasteiger partial charge < -0.3 is 10.2 Å². The average molecular weight is 260 g/mol. The average Bonchev–Trinajstić information content (AvgIpc) is 2.38. The molecule has 1 aromatic carbocycles. The summed E-state index contributed by atoms with van der Waals surface area (Å²) in [5.74, 6) is 0. The lowest BCUT2D eigenvalue weighted by atomic mass is 10.2. The van der Waals surface area contributed by atoms with E-state index in [2.05, 4.69) is 24.1 Å². The van der Waals surface area contributed by atoms with Gasteiger partial charge in [0.05, 0.1) is 17.4 Å². The summed E-state index contributed by atoms with van der Waals surface area (Å²) in [6.07, 6.45) is 1.17. The number of nitrogens with one attached hydrogen (secondary N) is 1. The summed E-state index contributed by atoms with van der Waals surface area (Å²) in [5, 5.41) is 3.10. The second-order valence-electron chi connectivity index (χ2n) is 3.61. The fourth-order valence-corrected chi connectivity index (χ4v) is 1.77. The summed E-state index contributed by atoms with van der Waals surface area (Å²) >= 11 is 4.77. The van der Waals surface area contributed by atoms with Crippen molar-refractivity contribution in [2.45, 2.75) is 20.3 Å². The first-order valence-electron chi connectivity index (χ1n) is 5.83. The summed E-state index contributed by atoms with van der Waals surface area (Å²) in [7, 11) is 0.500. The third kappa shape index (κ3) is 5.37. The van der Waals surface area contributed by atoms with E-state index in [0.29, 0.717) is 17.4 Å². The summed E-state index contributed by atoms with van der Waals surface area (Å²) in [4.78, 5) is 13.5. The Hall–Kier alpha value is -0.810. The number of anilines is 1. The summed E-state index contributed by atoms with van der Waals surface area (Å²) in [5.41, 5.74) is 0.663. The van der Waals surface area contributed by atoms with E-state index in [1.165, 1.54) is 6.42 Å². The van der Waals surface area contributed by atoms with E-state index >= 15 is 0 Å². The molecule has 0 amide bonds. The molecule has 0 aliphatic carbocycles. The van der Waals surface area contributed by atoms with Gasteiger partial charge in [-0.05, 0) is 25.6 Å². The number of hydrogen-bond donors (Lipinski definition) is 1. The van der Waals surface area contributed by atoms with Crippen molar-refractivity contribution in [2.75, 3.05) is 38.7 Å². The van der Waals surface area contributed by atoms with E-state index < -0.39 is 0 Å². The molecule has 3 nitrogen and oxygen atoms in total. The SMILES string of the molecule is CCCN(CC)CCNc1cc(=S)c1=O.CF. The minimum Gasteiger partial charge on any atom is -0.381 e. The first-order valence-corrected chi connectivity index (χ1v) is 6.24. The first kappa shape index (κ1) is 16.2. The molecule has 0 aromatic heterocycles. The van der Waals surface area contributed by atoms with E-state index in [1.54, 1.807) is 6.07 Å². The zero-order chi connectivity index (χ0) is 13.3. The Morgan fingerprint density at radius 2 is 2.00 bits per heavy atom. The normalized spacial score (nSPS) is 10.2. The minimum absolute atomic E-state index is 0.0106. The molecule has 0 heterocycles. The number of hydrogen-bond acceptors (Lipinski definition) is 4. The Kier molecular flexibility index (Phi) is 8.80. The number of rotatable bonds is 7. The van der Waals surface area contributed by atoms with Crippen LogP contribution in [0.5, 0.6) is 0 Å². The lowest BCUT2D eigenvalue weighted by molar-refractivity contribution is 0.300. The molecule has 0 atom stereocenters. The maximum atomic E-state index is 11.1. The van der Waals surface area contributed by atoms with Gasteiger partial charge in [0, 0.05) is 13.1 Å². The highest BCUT2D eigenvalue weighted by atomic mass is 32.1.